The van der Waals surface area contributed by atoms with Crippen molar-refractivity contribution in [2.75, 3.05) is 44.7 Å². The zero-order valence-corrected chi connectivity index (χ0v) is 20.7. The second kappa shape index (κ2) is 11.6. The van der Waals surface area contributed by atoms with E-state index in [4.69, 9.17) is 23.2 Å². The number of rotatable bonds is 8. The molecule has 1 saturated heterocycles. The average Bonchev–Trinajstić information content (AvgIpc) is 2.68. The highest BCUT2D eigenvalue weighted by Crippen LogP contribution is 2.22. The van der Waals surface area contributed by atoms with Gasteiger partial charge in [-0.2, -0.15) is 11.8 Å². The van der Waals surface area contributed by atoms with Gasteiger partial charge in [0, 0.05) is 31.2 Å². The monoisotopic (exact) mass is 473 g/mol. The smallest absolute Gasteiger partial charge is 0.253 e. The third-order valence-corrected chi connectivity index (χ3v) is 6.44. The molecule has 0 spiro atoms. The van der Waals surface area contributed by atoms with E-state index >= 15 is 0 Å². The third kappa shape index (κ3) is 7.95. The molecule has 1 aliphatic heterocycles. The molecule has 0 aliphatic carbocycles. The van der Waals surface area contributed by atoms with Gasteiger partial charge >= 0.3 is 0 Å². The number of hydrogen-bond acceptors (Lipinski definition) is 4. The van der Waals surface area contributed by atoms with Gasteiger partial charge in [-0.3, -0.25) is 14.5 Å². The van der Waals surface area contributed by atoms with E-state index in [9.17, 15) is 9.59 Å². The molecule has 1 aromatic rings. The summed E-state index contributed by atoms with van der Waals surface area (Å²) in [5.41, 5.74) is 0.637. The molecular weight excluding hydrogens is 441 g/mol. The Morgan fingerprint density at radius 3 is 2.40 bits per heavy atom. The van der Waals surface area contributed by atoms with Gasteiger partial charge < -0.3 is 10.2 Å². The first-order valence-electron chi connectivity index (χ1n) is 10.4. The second-order valence-corrected chi connectivity index (χ2v) is 10.7. The molecule has 8 heteroatoms. The topological polar surface area (TPSA) is 52.7 Å². The number of halogens is 2. The van der Waals surface area contributed by atoms with Crippen LogP contribution >= 0.6 is 35.0 Å². The van der Waals surface area contributed by atoms with E-state index in [0.717, 1.165) is 31.8 Å². The molecule has 5 nitrogen and oxygen atoms in total. The summed E-state index contributed by atoms with van der Waals surface area (Å²) in [5, 5.41) is 3.65. The van der Waals surface area contributed by atoms with Crippen LogP contribution in [0, 0.1) is 5.41 Å². The molecule has 1 fully saturated rings. The highest BCUT2D eigenvalue weighted by atomic mass is 35.5. The quantitative estimate of drug-likeness (QED) is 0.606. The van der Waals surface area contributed by atoms with Gasteiger partial charge in [-0.05, 0) is 55.0 Å². The number of carbonyl (C=O) groups is 2. The number of amides is 2. The first-order valence-corrected chi connectivity index (χ1v) is 12.5. The number of hydrogen-bond donors (Lipinski definition) is 1. The number of nitrogens with zero attached hydrogens (tertiary/aromatic N) is 2. The van der Waals surface area contributed by atoms with Crippen LogP contribution in [0.2, 0.25) is 10.0 Å². The molecule has 30 heavy (non-hydrogen) atoms. The Balaban J connectivity index is 1.97. The standard InChI is InChI=1S/C22H33Cl2N3O2S/c1-22(2,3)8-9-26-10-12-27(13-11-26)21(29)19(7-14-30-4)25-20(28)17-6-5-16(23)15-18(17)24/h5-6,15,19H,7-14H2,1-4H3,(H,25,28). The van der Waals surface area contributed by atoms with Gasteiger partial charge in [0.15, 0.2) is 0 Å². The van der Waals surface area contributed by atoms with Gasteiger partial charge in [-0.1, -0.05) is 44.0 Å². The van der Waals surface area contributed by atoms with Gasteiger partial charge in [0.1, 0.15) is 6.04 Å². The van der Waals surface area contributed by atoms with Gasteiger partial charge in [-0.25, -0.2) is 0 Å². The number of nitrogens with one attached hydrogen (secondary N) is 1. The summed E-state index contributed by atoms with van der Waals surface area (Å²) in [6.07, 6.45) is 3.71. The molecule has 1 atom stereocenters. The fraction of sp³-hybridized carbons (Fsp3) is 0.636. The van der Waals surface area contributed by atoms with Crippen molar-refractivity contribution in [2.45, 2.75) is 39.7 Å². The molecular formula is C22H33Cl2N3O2S. The van der Waals surface area contributed by atoms with Crippen LogP contribution in [0.15, 0.2) is 18.2 Å². The lowest BCUT2D eigenvalue weighted by Crippen LogP contribution is -2.55. The minimum absolute atomic E-state index is 0.0158. The van der Waals surface area contributed by atoms with Gasteiger partial charge in [0.2, 0.25) is 5.91 Å². The summed E-state index contributed by atoms with van der Waals surface area (Å²) >= 11 is 13.7. The van der Waals surface area contributed by atoms with E-state index < -0.39 is 6.04 Å². The Morgan fingerprint density at radius 2 is 1.83 bits per heavy atom. The highest BCUT2D eigenvalue weighted by Gasteiger charge is 2.29. The molecule has 2 amide bonds. The van der Waals surface area contributed by atoms with Crippen molar-refractivity contribution in [3.63, 3.8) is 0 Å². The van der Waals surface area contributed by atoms with Crippen molar-refractivity contribution in [3.8, 4) is 0 Å². The Hall–Kier alpha value is -0.950. The zero-order chi connectivity index (χ0) is 22.3. The fourth-order valence-electron chi connectivity index (χ4n) is 3.31. The molecule has 1 unspecified atom stereocenters. The Morgan fingerprint density at radius 1 is 1.17 bits per heavy atom. The fourth-order valence-corrected chi connectivity index (χ4v) is 4.27. The molecule has 0 saturated carbocycles. The minimum atomic E-state index is -0.558. The number of thioether (sulfide) groups is 1. The third-order valence-electron chi connectivity index (χ3n) is 5.25. The Kier molecular flexibility index (Phi) is 9.79. The van der Waals surface area contributed by atoms with Gasteiger partial charge in [0.25, 0.3) is 5.91 Å². The van der Waals surface area contributed by atoms with E-state index in [1.165, 1.54) is 6.07 Å². The predicted molar refractivity (Wildman–Crippen MR) is 128 cm³/mol. The van der Waals surface area contributed by atoms with Crippen molar-refractivity contribution in [1.29, 1.82) is 0 Å². The molecule has 0 radical (unpaired) electrons. The summed E-state index contributed by atoms with van der Waals surface area (Å²) in [6.45, 7) is 10.9. The van der Waals surface area contributed by atoms with Crippen molar-refractivity contribution < 1.29 is 9.59 Å². The lowest BCUT2D eigenvalue weighted by atomic mass is 9.92. The Bertz CT molecular complexity index is 732. The van der Waals surface area contributed by atoms with Crippen molar-refractivity contribution >= 4 is 46.8 Å². The maximum absolute atomic E-state index is 13.2. The molecule has 168 valence electrons. The van der Waals surface area contributed by atoms with Crippen molar-refractivity contribution in [3.05, 3.63) is 33.8 Å². The predicted octanol–water partition coefficient (Wildman–Crippen LogP) is 4.43. The summed E-state index contributed by atoms with van der Waals surface area (Å²) in [6, 6.07) is 4.19. The molecule has 2 rings (SSSR count). The van der Waals surface area contributed by atoms with Crippen molar-refractivity contribution in [1.82, 2.24) is 15.1 Å². The molecule has 1 N–H and O–H groups in total. The summed E-state index contributed by atoms with van der Waals surface area (Å²) < 4.78 is 0. The van der Waals surface area contributed by atoms with Crippen LogP contribution in [0.3, 0.4) is 0 Å². The highest BCUT2D eigenvalue weighted by molar-refractivity contribution is 7.98. The molecule has 0 aromatic heterocycles. The SMILES string of the molecule is CSCCC(NC(=O)c1ccc(Cl)cc1Cl)C(=O)N1CCN(CCC(C)(C)C)CC1. The minimum Gasteiger partial charge on any atom is -0.340 e. The molecule has 1 aromatic carbocycles. The summed E-state index contributed by atoms with van der Waals surface area (Å²) in [5.74, 6) is 0.425. The summed E-state index contributed by atoms with van der Waals surface area (Å²) in [7, 11) is 0. The largest absolute Gasteiger partial charge is 0.340 e. The average molecular weight is 474 g/mol. The van der Waals surface area contributed by atoms with Crippen LogP contribution in [0.4, 0.5) is 0 Å². The zero-order valence-electron chi connectivity index (χ0n) is 18.3. The molecule has 1 heterocycles. The molecule has 0 bridgehead atoms. The van der Waals surface area contributed by atoms with E-state index in [2.05, 4.69) is 31.0 Å². The normalized spacial score (nSPS) is 16.4. The van der Waals surface area contributed by atoms with Gasteiger partial charge in [0.05, 0.1) is 10.6 Å². The van der Waals surface area contributed by atoms with Crippen LogP contribution in [0.5, 0.6) is 0 Å². The molecule has 1 aliphatic rings. The lowest BCUT2D eigenvalue weighted by molar-refractivity contribution is -0.135. The maximum atomic E-state index is 13.2. The van der Waals surface area contributed by atoms with Crippen LogP contribution in [0.1, 0.15) is 44.0 Å². The number of carbonyl (C=O) groups excluding carboxylic acids is 2. The van der Waals surface area contributed by atoms with Crippen LogP contribution in [0.25, 0.3) is 0 Å². The maximum Gasteiger partial charge on any atom is 0.253 e. The first-order chi connectivity index (χ1) is 14.1. The second-order valence-electron chi connectivity index (χ2n) is 8.91. The number of benzene rings is 1. The van der Waals surface area contributed by atoms with E-state index in [-0.39, 0.29) is 16.8 Å². The first kappa shape index (κ1) is 25.3. The van der Waals surface area contributed by atoms with Crippen LogP contribution in [-0.2, 0) is 4.79 Å². The van der Waals surface area contributed by atoms with Crippen LogP contribution in [-0.4, -0.2) is 72.4 Å². The van der Waals surface area contributed by atoms with Crippen molar-refractivity contribution in [2.24, 2.45) is 5.41 Å². The van der Waals surface area contributed by atoms with Crippen LogP contribution < -0.4 is 5.32 Å². The van der Waals surface area contributed by atoms with E-state index in [1.54, 1.807) is 23.9 Å². The number of piperazine rings is 1. The summed E-state index contributed by atoms with van der Waals surface area (Å²) in [4.78, 5) is 30.2. The van der Waals surface area contributed by atoms with E-state index in [0.29, 0.717) is 35.5 Å². The lowest BCUT2D eigenvalue weighted by Gasteiger charge is -2.37. The Labute approximate surface area is 194 Å². The van der Waals surface area contributed by atoms with E-state index in [1.807, 2.05) is 11.2 Å². The van der Waals surface area contributed by atoms with Gasteiger partial charge in [-0.15, -0.1) is 0 Å².